The summed E-state index contributed by atoms with van der Waals surface area (Å²) in [7, 11) is 0. The van der Waals surface area contributed by atoms with Crippen LogP contribution in [0.1, 0.15) is 74.6 Å². The number of ketones is 1. The number of piperidine rings is 1. The number of aryl methyl sites for hydroxylation is 2. The van der Waals surface area contributed by atoms with Crippen molar-refractivity contribution < 1.29 is 19.1 Å². The van der Waals surface area contributed by atoms with Crippen LogP contribution in [-0.2, 0) is 19.1 Å². The molecule has 0 aromatic heterocycles. The molecule has 0 unspecified atom stereocenters. The number of hydrogen-bond acceptors (Lipinski definition) is 4. The maximum atomic E-state index is 13.6. The quantitative estimate of drug-likeness (QED) is 0.526. The highest BCUT2D eigenvalue weighted by molar-refractivity contribution is 6.23. The molecule has 0 radical (unpaired) electrons. The van der Waals surface area contributed by atoms with E-state index in [0.717, 1.165) is 47.9 Å². The highest BCUT2D eigenvalue weighted by Gasteiger charge is 2.45. The summed E-state index contributed by atoms with van der Waals surface area (Å²) in [5.41, 5.74) is 4.03. The van der Waals surface area contributed by atoms with Gasteiger partial charge in [0.15, 0.2) is 5.78 Å². The number of likely N-dealkylation sites (tertiary alicyclic amines) is 1. The molecule has 1 saturated heterocycles. The molecule has 0 N–H and O–H groups in total. The first-order valence-electron chi connectivity index (χ1n) is 11.5. The van der Waals surface area contributed by atoms with Gasteiger partial charge in [0.1, 0.15) is 5.76 Å². The number of carbonyl (C=O) groups is 3. The minimum Gasteiger partial charge on any atom is -0.430 e. The average Bonchev–Trinajstić information content (AvgIpc) is 3.55. The summed E-state index contributed by atoms with van der Waals surface area (Å²) >= 11 is 0. The van der Waals surface area contributed by atoms with Crippen LogP contribution >= 0.6 is 0 Å². The monoisotopic (exact) mass is 433 g/mol. The van der Waals surface area contributed by atoms with Crippen molar-refractivity contribution in [3.63, 3.8) is 0 Å². The fourth-order valence-corrected chi connectivity index (χ4v) is 5.19. The van der Waals surface area contributed by atoms with Gasteiger partial charge in [-0.1, -0.05) is 5.92 Å². The number of benzene rings is 1. The third-order valence-electron chi connectivity index (χ3n) is 7.08. The normalized spacial score (nSPS) is 20.1. The van der Waals surface area contributed by atoms with Gasteiger partial charge in [0.25, 0.3) is 0 Å². The molecule has 2 fully saturated rings. The molecule has 1 saturated carbocycles. The van der Waals surface area contributed by atoms with Crippen LogP contribution in [0.15, 0.2) is 17.9 Å². The Bertz CT molecular complexity index is 1050. The van der Waals surface area contributed by atoms with Gasteiger partial charge in [0.05, 0.1) is 11.5 Å². The number of ether oxygens (including phenoxy) is 1. The lowest BCUT2D eigenvalue weighted by molar-refractivity contribution is -0.142. The number of esters is 1. The predicted octanol–water partition coefficient (Wildman–Crippen LogP) is 4.33. The van der Waals surface area contributed by atoms with Gasteiger partial charge in [-0.15, -0.1) is 5.92 Å². The molecule has 0 bridgehead atoms. The molecule has 3 aliphatic rings. The molecule has 32 heavy (non-hydrogen) atoms. The van der Waals surface area contributed by atoms with Crippen LogP contribution in [0.2, 0.25) is 0 Å². The van der Waals surface area contributed by atoms with Crippen molar-refractivity contribution in [2.75, 3.05) is 13.1 Å². The number of amides is 1. The van der Waals surface area contributed by atoms with Crippen LogP contribution in [0.3, 0.4) is 0 Å². The molecular formula is C27H31NO4. The summed E-state index contributed by atoms with van der Waals surface area (Å²) in [4.78, 5) is 39.9. The maximum Gasteiger partial charge on any atom is 0.314 e. The predicted molar refractivity (Wildman–Crippen MR) is 122 cm³/mol. The molecule has 1 spiro atoms. The van der Waals surface area contributed by atoms with Gasteiger partial charge in [-0.2, -0.15) is 0 Å². The first-order valence-corrected chi connectivity index (χ1v) is 11.5. The Morgan fingerprint density at radius 3 is 2.25 bits per heavy atom. The van der Waals surface area contributed by atoms with E-state index in [1.165, 1.54) is 0 Å². The lowest BCUT2D eigenvalue weighted by atomic mass is 9.66. The standard InChI is InChI=1S/C27H31NO4/c1-5-6-20-13-17(2)24(18(3)14-20)25-22(30)15-27(9-11-28(12-10-27)19(4)29)16-23(25)32-26(31)21-7-8-21/h13-14,21H,7-12,15-16H2,1-4H3. The third-order valence-corrected chi connectivity index (χ3v) is 7.08. The Morgan fingerprint density at radius 2 is 1.72 bits per heavy atom. The van der Waals surface area contributed by atoms with E-state index in [4.69, 9.17) is 4.74 Å². The summed E-state index contributed by atoms with van der Waals surface area (Å²) in [6.07, 6.45) is 4.20. The number of hydrogen-bond donors (Lipinski definition) is 0. The highest BCUT2D eigenvalue weighted by atomic mass is 16.5. The summed E-state index contributed by atoms with van der Waals surface area (Å²) in [5.74, 6) is 6.38. The van der Waals surface area contributed by atoms with Crippen molar-refractivity contribution in [2.45, 2.75) is 66.2 Å². The van der Waals surface area contributed by atoms with E-state index in [1.807, 2.05) is 30.9 Å². The van der Waals surface area contributed by atoms with E-state index < -0.39 is 0 Å². The van der Waals surface area contributed by atoms with E-state index in [2.05, 4.69) is 11.8 Å². The number of nitrogens with zero attached hydrogens (tertiary/aromatic N) is 1. The van der Waals surface area contributed by atoms with Crippen LogP contribution < -0.4 is 0 Å². The fraction of sp³-hybridized carbons (Fsp3) is 0.519. The van der Waals surface area contributed by atoms with Crippen LogP contribution in [-0.4, -0.2) is 35.6 Å². The molecule has 5 heteroatoms. The largest absolute Gasteiger partial charge is 0.430 e. The van der Waals surface area contributed by atoms with Crippen LogP contribution in [0.25, 0.3) is 5.57 Å². The zero-order valence-electron chi connectivity index (χ0n) is 19.5. The highest BCUT2D eigenvalue weighted by Crippen LogP contribution is 2.49. The maximum absolute atomic E-state index is 13.6. The van der Waals surface area contributed by atoms with Crippen molar-refractivity contribution in [2.24, 2.45) is 11.3 Å². The molecule has 2 aliphatic carbocycles. The Labute approximate surface area is 190 Å². The van der Waals surface area contributed by atoms with Gasteiger partial charge in [-0.25, -0.2) is 0 Å². The lowest BCUT2D eigenvalue weighted by Gasteiger charge is -2.44. The summed E-state index contributed by atoms with van der Waals surface area (Å²) in [6.45, 7) is 8.65. The number of carbonyl (C=O) groups excluding carboxylic acids is 3. The van der Waals surface area contributed by atoms with E-state index in [9.17, 15) is 14.4 Å². The van der Waals surface area contributed by atoms with Crippen molar-refractivity contribution in [3.05, 3.63) is 40.1 Å². The van der Waals surface area contributed by atoms with Gasteiger partial charge in [0.2, 0.25) is 5.91 Å². The SMILES string of the molecule is CC#Cc1cc(C)c(C2=C(OC(=O)C3CC3)CC3(CCN(C(C)=O)CC3)CC2=O)c(C)c1. The Balaban J connectivity index is 1.74. The molecule has 1 aromatic rings. The van der Waals surface area contributed by atoms with Gasteiger partial charge < -0.3 is 9.64 Å². The van der Waals surface area contributed by atoms with Gasteiger partial charge in [-0.05, 0) is 80.7 Å². The number of allylic oxidation sites excluding steroid dienone is 2. The molecule has 5 nitrogen and oxygen atoms in total. The van der Waals surface area contributed by atoms with Crippen molar-refractivity contribution in [1.29, 1.82) is 0 Å². The topological polar surface area (TPSA) is 63.7 Å². The summed E-state index contributed by atoms with van der Waals surface area (Å²) in [6, 6.07) is 3.99. The molecule has 1 aliphatic heterocycles. The van der Waals surface area contributed by atoms with E-state index in [-0.39, 0.29) is 29.0 Å². The zero-order valence-corrected chi connectivity index (χ0v) is 19.5. The summed E-state index contributed by atoms with van der Waals surface area (Å²) in [5, 5.41) is 0. The van der Waals surface area contributed by atoms with Crippen LogP contribution in [0, 0.1) is 37.0 Å². The fourth-order valence-electron chi connectivity index (χ4n) is 5.19. The molecule has 1 aromatic carbocycles. The van der Waals surface area contributed by atoms with Gasteiger partial charge in [0, 0.05) is 38.4 Å². The van der Waals surface area contributed by atoms with E-state index >= 15 is 0 Å². The minimum atomic E-state index is -0.249. The molecule has 1 amide bonds. The van der Waals surface area contributed by atoms with E-state index in [0.29, 0.717) is 37.3 Å². The lowest BCUT2D eigenvalue weighted by Crippen LogP contribution is -2.45. The second-order valence-corrected chi connectivity index (χ2v) is 9.64. The Kier molecular flexibility index (Phi) is 5.99. The molecule has 1 heterocycles. The van der Waals surface area contributed by atoms with Crippen molar-refractivity contribution in [3.8, 4) is 11.8 Å². The number of rotatable bonds is 3. The van der Waals surface area contributed by atoms with Crippen LogP contribution in [0.4, 0.5) is 0 Å². The molecule has 0 atom stereocenters. The van der Waals surface area contributed by atoms with Crippen molar-refractivity contribution >= 4 is 23.2 Å². The first-order chi connectivity index (χ1) is 15.2. The molecule has 4 rings (SSSR count). The second kappa shape index (κ2) is 8.58. The van der Waals surface area contributed by atoms with Crippen LogP contribution in [0.5, 0.6) is 0 Å². The Hall–Kier alpha value is -2.87. The van der Waals surface area contributed by atoms with Crippen molar-refractivity contribution in [1.82, 2.24) is 4.90 Å². The first kappa shape index (κ1) is 22.3. The zero-order chi connectivity index (χ0) is 23.0. The minimum absolute atomic E-state index is 0.0339. The summed E-state index contributed by atoms with van der Waals surface area (Å²) < 4.78 is 5.95. The Morgan fingerprint density at radius 1 is 1.09 bits per heavy atom. The number of Topliss-reactive ketones (excluding diaryl/α,β-unsaturated/α-hetero) is 1. The molecular weight excluding hydrogens is 402 g/mol. The van der Waals surface area contributed by atoms with Gasteiger partial charge in [-0.3, -0.25) is 14.4 Å². The third kappa shape index (κ3) is 4.37. The van der Waals surface area contributed by atoms with E-state index in [1.54, 1.807) is 13.8 Å². The molecule has 168 valence electrons. The average molecular weight is 434 g/mol. The second-order valence-electron chi connectivity index (χ2n) is 9.64. The smallest absolute Gasteiger partial charge is 0.314 e. The van der Waals surface area contributed by atoms with Gasteiger partial charge >= 0.3 is 5.97 Å².